The summed E-state index contributed by atoms with van der Waals surface area (Å²) >= 11 is 0. The van der Waals surface area contributed by atoms with Crippen molar-refractivity contribution in [3.8, 4) is 22.6 Å². The van der Waals surface area contributed by atoms with Crippen molar-refractivity contribution in [1.82, 2.24) is 29.7 Å². The number of carbonyl (C=O) groups excluding carboxylic acids is 1. The van der Waals surface area contributed by atoms with E-state index in [9.17, 15) is 14.7 Å². The van der Waals surface area contributed by atoms with Crippen LogP contribution in [0.25, 0.3) is 16.8 Å². The van der Waals surface area contributed by atoms with Crippen LogP contribution in [0.4, 0.5) is 4.79 Å². The number of carbonyl (C=O) groups is 2. The molecule has 3 heterocycles. The fourth-order valence-corrected chi connectivity index (χ4v) is 5.85. The number of hydrogen-bond acceptors (Lipinski definition) is 7. The van der Waals surface area contributed by atoms with E-state index in [1.54, 1.807) is 14.3 Å². The third-order valence-corrected chi connectivity index (χ3v) is 8.19. The summed E-state index contributed by atoms with van der Waals surface area (Å²) < 4.78 is 15.1. The number of likely N-dealkylation sites (tertiary alicyclic amines) is 1. The second-order valence-corrected chi connectivity index (χ2v) is 12.7. The van der Waals surface area contributed by atoms with E-state index in [0.717, 1.165) is 47.5 Å². The Kier molecular flexibility index (Phi) is 7.87. The average molecular weight is 599 g/mol. The number of carboxylic acid groups (broad SMARTS) is 1. The van der Waals surface area contributed by atoms with E-state index in [0.29, 0.717) is 31.3 Å². The number of ether oxygens (including phenoxy) is 2. The number of aromatic nitrogens is 5. The van der Waals surface area contributed by atoms with Crippen molar-refractivity contribution >= 4 is 12.1 Å². The first-order valence-corrected chi connectivity index (χ1v) is 15.0. The van der Waals surface area contributed by atoms with E-state index in [2.05, 4.69) is 15.4 Å². The zero-order valence-corrected chi connectivity index (χ0v) is 25.5. The Morgan fingerprint density at radius 3 is 2.43 bits per heavy atom. The van der Waals surface area contributed by atoms with E-state index in [1.807, 2.05) is 82.5 Å². The number of carboxylic acids is 1. The molecule has 4 aromatic rings. The summed E-state index contributed by atoms with van der Waals surface area (Å²) in [4.78, 5) is 26.3. The maximum absolute atomic E-state index is 12.4. The van der Waals surface area contributed by atoms with Crippen molar-refractivity contribution in [1.29, 1.82) is 0 Å². The molecule has 1 amide bonds. The van der Waals surface area contributed by atoms with Crippen LogP contribution in [0.1, 0.15) is 73.6 Å². The molecule has 11 nitrogen and oxygen atoms in total. The van der Waals surface area contributed by atoms with Crippen LogP contribution >= 0.6 is 0 Å². The van der Waals surface area contributed by atoms with Crippen molar-refractivity contribution < 1.29 is 24.2 Å². The van der Waals surface area contributed by atoms with Crippen LogP contribution in [0.15, 0.2) is 60.9 Å². The lowest BCUT2D eigenvalue weighted by molar-refractivity contribution is 0.0164. The Labute approximate surface area is 256 Å². The van der Waals surface area contributed by atoms with E-state index >= 15 is 0 Å². The van der Waals surface area contributed by atoms with Crippen LogP contribution in [-0.2, 0) is 11.8 Å². The van der Waals surface area contributed by atoms with Gasteiger partial charge in [-0.15, -0.1) is 5.10 Å². The lowest BCUT2D eigenvalue weighted by Crippen LogP contribution is -2.42. The van der Waals surface area contributed by atoms with Crippen LogP contribution in [0.2, 0.25) is 0 Å². The number of benzene rings is 2. The smallest absolute Gasteiger partial charge is 0.410 e. The molecular weight excluding hydrogens is 560 g/mol. The molecule has 1 aliphatic carbocycles. The molecule has 230 valence electrons. The van der Waals surface area contributed by atoms with Gasteiger partial charge in [0.05, 0.1) is 29.9 Å². The van der Waals surface area contributed by atoms with Crippen LogP contribution in [0.3, 0.4) is 0 Å². The third-order valence-electron chi connectivity index (χ3n) is 8.19. The van der Waals surface area contributed by atoms with Crippen molar-refractivity contribution in [2.45, 2.75) is 57.5 Å². The molecule has 2 aromatic heterocycles. The molecule has 2 unspecified atom stereocenters. The Morgan fingerprint density at radius 1 is 1.02 bits per heavy atom. The number of piperidine rings is 1. The summed E-state index contributed by atoms with van der Waals surface area (Å²) in [6, 6.07) is 15.9. The monoisotopic (exact) mass is 598 g/mol. The molecule has 1 N–H and O–H groups in total. The summed E-state index contributed by atoms with van der Waals surface area (Å²) in [7, 11) is 1.82. The van der Waals surface area contributed by atoms with Gasteiger partial charge in [0.1, 0.15) is 16.9 Å². The van der Waals surface area contributed by atoms with Gasteiger partial charge in [0.2, 0.25) is 0 Å². The molecule has 44 heavy (non-hydrogen) atoms. The van der Waals surface area contributed by atoms with Gasteiger partial charge in [-0.25, -0.2) is 14.3 Å². The van der Waals surface area contributed by atoms with Crippen molar-refractivity contribution in [2.75, 3.05) is 19.7 Å². The van der Waals surface area contributed by atoms with Gasteiger partial charge in [-0.3, -0.25) is 4.68 Å². The topological polar surface area (TPSA) is 125 Å². The first kappa shape index (κ1) is 29.4. The van der Waals surface area contributed by atoms with Gasteiger partial charge < -0.3 is 19.5 Å². The molecule has 2 fully saturated rings. The Balaban J connectivity index is 1.14. The van der Waals surface area contributed by atoms with Gasteiger partial charge in [-0.05, 0) is 81.3 Å². The highest BCUT2D eigenvalue weighted by Crippen LogP contribution is 2.55. The second kappa shape index (κ2) is 11.8. The van der Waals surface area contributed by atoms with Gasteiger partial charge in [-0.2, -0.15) is 5.10 Å². The summed E-state index contributed by atoms with van der Waals surface area (Å²) in [6.45, 7) is 7.54. The highest BCUT2D eigenvalue weighted by Gasteiger charge is 2.46. The van der Waals surface area contributed by atoms with Gasteiger partial charge in [0.25, 0.3) is 0 Å². The van der Waals surface area contributed by atoms with Crippen LogP contribution in [0, 0.1) is 5.92 Å². The van der Waals surface area contributed by atoms with E-state index in [-0.39, 0.29) is 23.5 Å². The molecule has 0 radical (unpaired) electrons. The predicted octanol–water partition coefficient (Wildman–Crippen LogP) is 5.66. The molecule has 2 atom stereocenters. The SMILES string of the molecule is Cn1cc(C2CC2c2c(C(=O)O)cnn2-c2cccc(-c3cccc(OCC4CCN(C(=O)OC(C)(C)C)CC4)c3)c2)nn1. The first-order valence-electron chi connectivity index (χ1n) is 15.0. The maximum atomic E-state index is 12.4. The highest BCUT2D eigenvalue weighted by atomic mass is 16.6. The average Bonchev–Trinajstić information content (AvgIpc) is 3.44. The number of amides is 1. The van der Waals surface area contributed by atoms with Gasteiger partial charge in [-0.1, -0.05) is 29.5 Å². The number of aryl methyl sites for hydroxylation is 1. The predicted molar refractivity (Wildman–Crippen MR) is 163 cm³/mol. The summed E-state index contributed by atoms with van der Waals surface area (Å²) in [5.41, 5.74) is 4.00. The van der Waals surface area contributed by atoms with Crippen molar-refractivity contribution in [2.24, 2.45) is 13.0 Å². The second-order valence-electron chi connectivity index (χ2n) is 12.7. The molecule has 0 bridgehead atoms. The minimum absolute atomic E-state index is 0.00307. The van der Waals surface area contributed by atoms with E-state index < -0.39 is 11.6 Å². The third kappa shape index (κ3) is 6.46. The lowest BCUT2D eigenvalue weighted by Gasteiger charge is -2.33. The van der Waals surface area contributed by atoms with Crippen LogP contribution in [-0.4, -0.2) is 72.1 Å². The molecule has 2 aliphatic rings. The number of aromatic carboxylic acids is 1. The molecule has 0 spiro atoms. The fraction of sp³-hybridized carbons (Fsp3) is 0.424. The first-order chi connectivity index (χ1) is 21.1. The van der Waals surface area contributed by atoms with Gasteiger partial charge >= 0.3 is 12.1 Å². The molecule has 2 aromatic carbocycles. The van der Waals surface area contributed by atoms with Crippen LogP contribution < -0.4 is 4.74 Å². The molecule has 1 saturated heterocycles. The summed E-state index contributed by atoms with van der Waals surface area (Å²) in [6.07, 6.45) is 5.59. The highest BCUT2D eigenvalue weighted by molar-refractivity contribution is 5.89. The standard InChI is InChI=1S/C33H38N6O5/c1-33(2,3)44-32(42)38-13-11-21(12-14-38)20-43-25-10-6-8-23(16-25)22-7-5-9-24(15-22)39-30(28(18-34-39)31(40)41)27-17-26(27)29-19-37(4)36-35-29/h5-10,15-16,18-19,21,26-27H,11-14,17,20H2,1-4H3,(H,40,41). The molecule has 1 saturated carbocycles. The maximum Gasteiger partial charge on any atom is 0.410 e. The Morgan fingerprint density at radius 2 is 1.75 bits per heavy atom. The lowest BCUT2D eigenvalue weighted by atomic mass is 9.98. The quantitative estimate of drug-likeness (QED) is 0.275. The largest absolute Gasteiger partial charge is 0.493 e. The molecule has 6 rings (SSSR count). The van der Waals surface area contributed by atoms with E-state index in [4.69, 9.17) is 9.47 Å². The molecule has 1 aliphatic heterocycles. The molecule has 11 heteroatoms. The van der Waals surface area contributed by atoms with Crippen molar-refractivity contribution in [3.05, 3.63) is 77.9 Å². The summed E-state index contributed by atoms with van der Waals surface area (Å²) in [5, 5.41) is 22.7. The van der Waals surface area contributed by atoms with E-state index in [1.165, 1.54) is 6.20 Å². The summed E-state index contributed by atoms with van der Waals surface area (Å²) in [5.74, 6) is 0.249. The van der Waals surface area contributed by atoms with Gasteiger partial charge in [0.15, 0.2) is 0 Å². The zero-order valence-electron chi connectivity index (χ0n) is 25.5. The number of hydrogen-bond donors (Lipinski definition) is 1. The minimum Gasteiger partial charge on any atom is -0.493 e. The number of nitrogens with zero attached hydrogens (tertiary/aromatic N) is 6. The van der Waals surface area contributed by atoms with Gasteiger partial charge in [0, 0.05) is 38.2 Å². The van der Waals surface area contributed by atoms with Crippen LogP contribution in [0.5, 0.6) is 5.75 Å². The normalized spacial score (nSPS) is 18.7. The molecular formula is C33H38N6O5. The van der Waals surface area contributed by atoms with Crippen molar-refractivity contribution in [3.63, 3.8) is 0 Å². The fourth-order valence-electron chi connectivity index (χ4n) is 5.85. The zero-order chi connectivity index (χ0) is 31.0. The minimum atomic E-state index is -0.993. The Bertz CT molecular complexity index is 1660. The number of rotatable bonds is 8. The Hall–Kier alpha value is -4.67.